The molecule has 0 aromatic carbocycles. The number of hydrogen-bond donors (Lipinski definition) is 0. The normalized spacial score (nSPS) is 18.6. The third-order valence-electron chi connectivity index (χ3n) is 5.35. The molecule has 2 aliphatic rings. The Bertz CT molecular complexity index is 658. The number of rotatable bonds is 4. The van der Waals surface area contributed by atoms with Crippen LogP contribution >= 0.6 is 0 Å². The highest BCUT2D eigenvalue weighted by Gasteiger charge is 2.30. The predicted molar refractivity (Wildman–Crippen MR) is 98.7 cm³/mol. The molecule has 0 atom stereocenters. The van der Waals surface area contributed by atoms with Crippen LogP contribution in [0.1, 0.15) is 67.3 Å². The summed E-state index contributed by atoms with van der Waals surface area (Å²) in [5.41, 5.74) is 3.13. The third-order valence-corrected chi connectivity index (χ3v) is 5.35. The van der Waals surface area contributed by atoms with E-state index in [2.05, 4.69) is 32.3 Å². The monoisotopic (exact) mass is 345 g/mol. The van der Waals surface area contributed by atoms with Crippen LogP contribution in [0.3, 0.4) is 0 Å². The maximum absolute atomic E-state index is 13.0. The van der Waals surface area contributed by atoms with E-state index in [1.165, 1.54) is 18.5 Å². The van der Waals surface area contributed by atoms with E-state index in [-0.39, 0.29) is 11.8 Å². The molecule has 3 rings (SSSR count). The fourth-order valence-electron chi connectivity index (χ4n) is 3.91. The molecular formula is C20H31N3O2. The number of aromatic nitrogens is 1. The fourth-order valence-corrected chi connectivity index (χ4v) is 3.91. The minimum atomic E-state index is 0.123. The fraction of sp³-hybridized carbons (Fsp3) is 0.700. The van der Waals surface area contributed by atoms with E-state index in [9.17, 15) is 9.59 Å². The maximum Gasteiger partial charge on any atom is 0.255 e. The van der Waals surface area contributed by atoms with Gasteiger partial charge in [-0.3, -0.25) is 9.59 Å². The van der Waals surface area contributed by atoms with E-state index in [1.54, 1.807) is 0 Å². The van der Waals surface area contributed by atoms with Crippen molar-refractivity contribution in [3.8, 4) is 0 Å². The van der Waals surface area contributed by atoms with Crippen LogP contribution in [0.15, 0.2) is 6.07 Å². The van der Waals surface area contributed by atoms with Gasteiger partial charge in [0.25, 0.3) is 5.91 Å². The van der Waals surface area contributed by atoms with Crippen LogP contribution in [0.5, 0.6) is 0 Å². The molecule has 0 unspecified atom stereocenters. The summed E-state index contributed by atoms with van der Waals surface area (Å²) in [5, 5.41) is 0. The lowest BCUT2D eigenvalue weighted by molar-refractivity contribution is -0.131. The highest BCUT2D eigenvalue weighted by molar-refractivity contribution is 5.95. The molecule has 138 valence electrons. The molecule has 5 heteroatoms. The van der Waals surface area contributed by atoms with Gasteiger partial charge in [0.2, 0.25) is 5.91 Å². The van der Waals surface area contributed by atoms with Gasteiger partial charge in [-0.2, -0.15) is 0 Å². The van der Waals surface area contributed by atoms with Crippen LogP contribution in [0.4, 0.5) is 0 Å². The van der Waals surface area contributed by atoms with Crippen molar-refractivity contribution >= 4 is 11.8 Å². The number of hydrogen-bond acceptors (Lipinski definition) is 2. The van der Waals surface area contributed by atoms with Gasteiger partial charge in [0.1, 0.15) is 0 Å². The standard InChI is InChI=1S/C20H31N3O2/c1-14(2)12-19(24)21-8-5-9-22(11-10-21)20(25)18-13-15(3)23(16(18)4)17-6-7-17/h13-14,17H,5-12H2,1-4H3. The van der Waals surface area contributed by atoms with E-state index >= 15 is 0 Å². The molecule has 0 radical (unpaired) electrons. The Morgan fingerprint density at radius 3 is 2.36 bits per heavy atom. The molecule has 0 bridgehead atoms. The summed E-state index contributed by atoms with van der Waals surface area (Å²) in [6.45, 7) is 11.1. The van der Waals surface area contributed by atoms with E-state index < -0.39 is 0 Å². The molecule has 5 nitrogen and oxygen atoms in total. The van der Waals surface area contributed by atoms with Gasteiger partial charge in [-0.05, 0) is 45.1 Å². The van der Waals surface area contributed by atoms with Gasteiger partial charge in [-0.1, -0.05) is 13.8 Å². The Morgan fingerprint density at radius 1 is 1.08 bits per heavy atom. The Labute approximate surface area is 151 Å². The Balaban J connectivity index is 1.67. The lowest BCUT2D eigenvalue weighted by Crippen LogP contribution is -2.37. The highest BCUT2D eigenvalue weighted by atomic mass is 16.2. The Morgan fingerprint density at radius 2 is 1.72 bits per heavy atom. The average Bonchev–Trinajstić information content (AvgIpc) is 3.34. The molecule has 1 aromatic rings. The van der Waals surface area contributed by atoms with Crippen molar-refractivity contribution in [1.29, 1.82) is 0 Å². The summed E-state index contributed by atoms with van der Waals surface area (Å²) in [7, 11) is 0. The first kappa shape index (κ1) is 18.0. The van der Waals surface area contributed by atoms with Crippen molar-refractivity contribution < 1.29 is 9.59 Å². The largest absolute Gasteiger partial charge is 0.345 e. The molecule has 1 saturated carbocycles. The first-order valence-corrected chi connectivity index (χ1v) is 9.64. The Hall–Kier alpha value is -1.78. The SMILES string of the molecule is Cc1cc(C(=O)N2CCCN(C(=O)CC(C)C)CC2)c(C)n1C1CC1. The average molecular weight is 345 g/mol. The van der Waals surface area contributed by atoms with Gasteiger partial charge in [-0.25, -0.2) is 0 Å². The molecule has 1 saturated heterocycles. The van der Waals surface area contributed by atoms with Crippen molar-refractivity contribution in [3.63, 3.8) is 0 Å². The van der Waals surface area contributed by atoms with Gasteiger partial charge in [0.05, 0.1) is 5.56 Å². The van der Waals surface area contributed by atoms with Crippen molar-refractivity contribution in [1.82, 2.24) is 14.4 Å². The number of nitrogens with zero attached hydrogens (tertiary/aromatic N) is 3. The van der Waals surface area contributed by atoms with Crippen molar-refractivity contribution in [3.05, 3.63) is 23.0 Å². The first-order chi connectivity index (χ1) is 11.9. The van der Waals surface area contributed by atoms with Crippen LogP contribution in [-0.4, -0.2) is 52.4 Å². The summed E-state index contributed by atoms with van der Waals surface area (Å²) in [6, 6.07) is 2.64. The lowest BCUT2D eigenvalue weighted by Gasteiger charge is -2.23. The summed E-state index contributed by atoms with van der Waals surface area (Å²) < 4.78 is 2.32. The molecule has 1 aromatic heterocycles. The van der Waals surface area contributed by atoms with E-state index in [0.29, 0.717) is 31.5 Å². The summed E-state index contributed by atoms with van der Waals surface area (Å²) in [4.78, 5) is 29.2. The quantitative estimate of drug-likeness (QED) is 0.841. The molecular weight excluding hydrogens is 314 g/mol. The van der Waals surface area contributed by atoms with Crippen LogP contribution in [0.2, 0.25) is 0 Å². The van der Waals surface area contributed by atoms with Crippen molar-refractivity contribution in [2.24, 2.45) is 5.92 Å². The second kappa shape index (κ2) is 7.22. The smallest absolute Gasteiger partial charge is 0.255 e. The number of amides is 2. The Kier molecular flexibility index (Phi) is 5.21. The summed E-state index contributed by atoms with van der Waals surface area (Å²) >= 11 is 0. The number of carbonyl (C=O) groups excluding carboxylic acids is 2. The number of aryl methyl sites for hydroxylation is 1. The second-order valence-electron chi connectivity index (χ2n) is 8.01. The molecule has 2 amide bonds. The molecule has 2 heterocycles. The van der Waals surface area contributed by atoms with Crippen molar-refractivity contribution in [2.75, 3.05) is 26.2 Å². The summed E-state index contributed by atoms with van der Waals surface area (Å²) in [6.07, 6.45) is 3.90. The zero-order chi connectivity index (χ0) is 18.1. The van der Waals surface area contributed by atoms with E-state index in [0.717, 1.165) is 30.8 Å². The van der Waals surface area contributed by atoms with Crippen LogP contribution in [0, 0.1) is 19.8 Å². The maximum atomic E-state index is 13.0. The van der Waals surface area contributed by atoms with E-state index in [4.69, 9.17) is 0 Å². The van der Waals surface area contributed by atoms with Gasteiger partial charge in [0, 0.05) is 50.0 Å². The molecule has 1 aliphatic heterocycles. The van der Waals surface area contributed by atoms with Crippen molar-refractivity contribution in [2.45, 2.75) is 59.4 Å². The minimum Gasteiger partial charge on any atom is -0.345 e. The van der Waals surface area contributed by atoms with Gasteiger partial charge in [-0.15, -0.1) is 0 Å². The van der Waals surface area contributed by atoms with Gasteiger partial charge < -0.3 is 14.4 Å². The summed E-state index contributed by atoms with van der Waals surface area (Å²) in [5.74, 6) is 0.718. The van der Waals surface area contributed by atoms with Crippen LogP contribution in [0.25, 0.3) is 0 Å². The molecule has 25 heavy (non-hydrogen) atoms. The predicted octanol–water partition coefficient (Wildman–Crippen LogP) is 3.16. The molecule has 2 fully saturated rings. The van der Waals surface area contributed by atoms with Crippen LogP contribution < -0.4 is 0 Å². The topological polar surface area (TPSA) is 45.6 Å². The minimum absolute atomic E-state index is 0.123. The van der Waals surface area contributed by atoms with Gasteiger partial charge >= 0.3 is 0 Å². The van der Waals surface area contributed by atoms with E-state index in [1.807, 2.05) is 15.9 Å². The third kappa shape index (κ3) is 3.91. The second-order valence-corrected chi connectivity index (χ2v) is 8.01. The first-order valence-electron chi connectivity index (χ1n) is 9.64. The molecule has 0 N–H and O–H groups in total. The molecule has 0 spiro atoms. The lowest BCUT2D eigenvalue weighted by atomic mass is 10.1. The highest BCUT2D eigenvalue weighted by Crippen LogP contribution is 2.38. The zero-order valence-corrected chi connectivity index (χ0v) is 16.0. The molecule has 1 aliphatic carbocycles. The van der Waals surface area contributed by atoms with Gasteiger partial charge in [0.15, 0.2) is 0 Å². The zero-order valence-electron chi connectivity index (χ0n) is 16.0. The van der Waals surface area contributed by atoms with Crippen LogP contribution in [-0.2, 0) is 4.79 Å². The number of carbonyl (C=O) groups is 2.